The summed E-state index contributed by atoms with van der Waals surface area (Å²) in [4.78, 5) is 11.2. The van der Waals surface area contributed by atoms with Crippen molar-refractivity contribution in [3.05, 3.63) is 12.2 Å². The van der Waals surface area contributed by atoms with Gasteiger partial charge in [0.1, 0.15) is 0 Å². The number of halogens is 3. The second-order valence-electron chi connectivity index (χ2n) is 3.51. The Morgan fingerprint density at radius 2 is 2.00 bits per heavy atom. The summed E-state index contributed by atoms with van der Waals surface area (Å²) in [5.41, 5.74) is 0.376. The van der Waals surface area contributed by atoms with E-state index >= 15 is 0 Å². The molecule has 0 unspecified atom stereocenters. The molecule has 3 nitrogen and oxygen atoms in total. The van der Waals surface area contributed by atoms with E-state index in [0.29, 0.717) is 5.57 Å². The van der Waals surface area contributed by atoms with Crippen LogP contribution in [0.15, 0.2) is 12.2 Å². The van der Waals surface area contributed by atoms with Crippen molar-refractivity contribution in [2.75, 3.05) is 6.61 Å². The Morgan fingerprint density at radius 1 is 1.50 bits per heavy atom. The maximum absolute atomic E-state index is 12.3. The molecule has 0 aromatic carbocycles. The zero-order chi connectivity index (χ0) is 12.9. The highest BCUT2D eigenvalue weighted by Gasteiger charge is 2.46. The zero-order valence-electron chi connectivity index (χ0n) is 9.17. The van der Waals surface area contributed by atoms with Gasteiger partial charge >= 0.3 is 12.1 Å². The minimum absolute atomic E-state index is 0.0316. The van der Waals surface area contributed by atoms with Gasteiger partial charge in [0.15, 0.2) is 6.10 Å². The van der Waals surface area contributed by atoms with Gasteiger partial charge in [-0.15, -0.1) is 6.58 Å². The van der Waals surface area contributed by atoms with Crippen LogP contribution in [0.4, 0.5) is 13.2 Å². The number of carbonyl (C=O) groups is 1. The molecule has 94 valence electrons. The molecule has 0 amide bonds. The molecule has 0 aliphatic heterocycles. The van der Waals surface area contributed by atoms with E-state index < -0.39 is 24.2 Å². The number of rotatable bonds is 5. The van der Waals surface area contributed by atoms with Crippen LogP contribution in [-0.4, -0.2) is 30.0 Å². The molecule has 0 rings (SSSR count). The SMILES string of the molecule is C=C(C)C[C@H](C(=O)OCC)[C@@H](O)C(F)(F)F. The fourth-order valence-corrected chi connectivity index (χ4v) is 1.18. The van der Waals surface area contributed by atoms with Crippen molar-refractivity contribution in [2.24, 2.45) is 5.92 Å². The smallest absolute Gasteiger partial charge is 0.415 e. The van der Waals surface area contributed by atoms with Gasteiger partial charge in [0.25, 0.3) is 0 Å². The number of aliphatic hydroxyl groups is 1. The first-order valence-corrected chi connectivity index (χ1v) is 4.76. The van der Waals surface area contributed by atoms with Crippen LogP contribution in [0.5, 0.6) is 0 Å². The molecule has 6 heteroatoms. The molecular formula is C10H15F3O3. The molecule has 2 atom stereocenters. The van der Waals surface area contributed by atoms with Crippen molar-refractivity contribution in [3.8, 4) is 0 Å². The summed E-state index contributed by atoms with van der Waals surface area (Å²) in [6, 6.07) is 0. The maximum Gasteiger partial charge on any atom is 0.415 e. The van der Waals surface area contributed by atoms with Crippen molar-refractivity contribution in [2.45, 2.75) is 32.5 Å². The third-order valence-corrected chi connectivity index (χ3v) is 1.87. The quantitative estimate of drug-likeness (QED) is 0.591. The van der Waals surface area contributed by atoms with Gasteiger partial charge in [-0.2, -0.15) is 13.2 Å². The molecule has 0 saturated heterocycles. The lowest BCUT2D eigenvalue weighted by Crippen LogP contribution is -2.41. The van der Waals surface area contributed by atoms with Gasteiger partial charge in [-0.1, -0.05) is 5.57 Å². The molecule has 0 aromatic heterocycles. The number of ether oxygens (including phenoxy) is 1. The summed E-state index contributed by atoms with van der Waals surface area (Å²) >= 11 is 0. The molecule has 0 aromatic rings. The second-order valence-corrected chi connectivity index (χ2v) is 3.51. The van der Waals surface area contributed by atoms with Crippen molar-refractivity contribution in [1.29, 1.82) is 0 Å². The fraction of sp³-hybridized carbons (Fsp3) is 0.700. The van der Waals surface area contributed by atoms with Crippen LogP contribution in [0.25, 0.3) is 0 Å². The lowest BCUT2D eigenvalue weighted by atomic mass is 9.95. The van der Waals surface area contributed by atoms with Crippen LogP contribution in [0, 0.1) is 5.92 Å². The first kappa shape index (κ1) is 15.0. The lowest BCUT2D eigenvalue weighted by molar-refractivity contribution is -0.223. The average molecular weight is 240 g/mol. The van der Waals surface area contributed by atoms with E-state index in [1.54, 1.807) is 0 Å². The highest BCUT2D eigenvalue weighted by atomic mass is 19.4. The van der Waals surface area contributed by atoms with E-state index in [9.17, 15) is 18.0 Å². The van der Waals surface area contributed by atoms with Gasteiger partial charge in [-0.3, -0.25) is 4.79 Å². The highest BCUT2D eigenvalue weighted by molar-refractivity contribution is 5.73. The van der Waals surface area contributed by atoms with Gasteiger partial charge in [0.2, 0.25) is 0 Å². The predicted octanol–water partition coefficient (Wildman–Crippen LogP) is 2.06. The number of aliphatic hydroxyl groups excluding tert-OH is 1. The minimum Gasteiger partial charge on any atom is -0.466 e. The third kappa shape index (κ3) is 4.65. The van der Waals surface area contributed by atoms with Gasteiger partial charge in [0, 0.05) is 0 Å². The Kier molecular flexibility index (Phi) is 5.50. The minimum atomic E-state index is -4.84. The Hall–Kier alpha value is -1.04. The standard InChI is InChI=1S/C10H15F3O3/c1-4-16-9(15)7(5-6(2)3)8(14)10(11,12)13/h7-8,14H,2,4-5H2,1,3H3/t7-,8+/m0/s1. The molecule has 0 radical (unpaired) electrons. The second kappa shape index (κ2) is 5.89. The number of hydrogen-bond donors (Lipinski definition) is 1. The van der Waals surface area contributed by atoms with Crippen LogP contribution in [0.3, 0.4) is 0 Å². The van der Waals surface area contributed by atoms with E-state index in [1.165, 1.54) is 13.8 Å². The van der Waals surface area contributed by atoms with E-state index in [-0.39, 0.29) is 13.0 Å². The molecule has 0 spiro atoms. The molecule has 0 aliphatic carbocycles. The monoisotopic (exact) mass is 240 g/mol. The topological polar surface area (TPSA) is 46.5 Å². The van der Waals surface area contributed by atoms with Gasteiger partial charge in [-0.05, 0) is 20.3 Å². The van der Waals surface area contributed by atoms with Crippen LogP contribution in [-0.2, 0) is 9.53 Å². The van der Waals surface area contributed by atoms with Crippen LogP contribution in [0.1, 0.15) is 20.3 Å². The first-order valence-electron chi connectivity index (χ1n) is 4.76. The molecule has 0 aliphatic rings. The summed E-state index contributed by atoms with van der Waals surface area (Å²) in [6.45, 7) is 6.35. The number of alkyl halides is 3. The highest BCUT2D eigenvalue weighted by Crippen LogP contribution is 2.29. The fourth-order valence-electron chi connectivity index (χ4n) is 1.18. The van der Waals surface area contributed by atoms with E-state index in [1.807, 2.05) is 0 Å². The van der Waals surface area contributed by atoms with Gasteiger partial charge < -0.3 is 9.84 Å². The molecule has 16 heavy (non-hydrogen) atoms. The van der Waals surface area contributed by atoms with Crippen molar-refractivity contribution >= 4 is 5.97 Å². The van der Waals surface area contributed by atoms with Crippen LogP contribution in [0.2, 0.25) is 0 Å². The van der Waals surface area contributed by atoms with Gasteiger partial charge in [0.05, 0.1) is 12.5 Å². The average Bonchev–Trinajstić information content (AvgIpc) is 2.11. The maximum atomic E-state index is 12.3. The summed E-state index contributed by atoms with van der Waals surface area (Å²) < 4.78 is 41.3. The number of hydrogen-bond acceptors (Lipinski definition) is 3. The zero-order valence-corrected chi connectivity index (χ0v) is 9.17. The predicted molar refractivity (Wildman–Crippen MR) is 51.6 cm³/mol. The summed E-state index contributed by atoms with van der Waals surface area (Å²) in [7, 11) is 0. The molecule has 0 fully saturated rings. The van der Waals surface area contributed by atoms with Gasteiger partial charge in [-0.25, -0.2) is 0 Å². The molecule has 1 N–H and O–H groups in total. The van der Waals surface area contributed by atoms with E-state index in [0.717, 1.165) is 0 Å². The number of carbonyl (C=O) groups excluding carboxylic acids is 1. The molecular weight excluding hydrogens is 225 g/mol. The van der Waals surface area contributed by atoms with Crippen LogP contribution < -0.4 is 0 Å². The molecule has 0 heterocycles. The Balaban J connectivity index is 4.79. The normalized spacial score (nSPS) is 15.4. The number of esters is 1. The third-order valence-electron chi connectivity index (χ3n) is 1.87. The lowest BCUT2D eigenvalue weighted by Gasteiger charge is -2.23. The first-order chi connectivity index (χ1) is 7.20. The Bertz CT molecular complexity index is 261. The van der Waals surface area contributed by atoms with E-state index in [2.05, 4.69) is 11.3 Å². The Labute approximate surface area is 91.9 Å². The largest absolute Gasteiger partial charge is 0.466 e. The van der Waals surface area contributed by atoms with Crippen molar-refractivity contribution in [1.82, 2.24) is 0 Å². The summed E-state index contributed by atoms with van der Waals surface area (Å²) in [5, 5.41) is 9.02. The van der Waals surface area contributed by atoms with Crippen molar-refractivity contribution in [3.63, 3.8) is 0 Å². The van der Waals surface area contributed by atoms with Crippen LogP contribution >= 0.6 is 0 Å². The summed E-state index contributed by atoms with van der Waals surface area (Å²) in [6.07, 6.45) is -7.81. The molecule has 0 bridgehead atoms. The van der Waals surface area contributed by atoms with E-state index in [4.69, 9.17) is 5.11 Å². The van der Waals surface area contributed by atoms with Crippen molar-refractivity contribution < 1.29 is 27.8 Å². The Morgan fingerprint density at radius 3 is 2.31 bits per heavy atom. The molecule has 0 saturated carbocycles. The number of allylic oxidation sites excluding steroid dienone is 1. The summed E-state index contributed by atoms with van der Waals surface area (Å²) in [5.74, 6) is -2.70.